The zero-order valence-electron chi connectivity index (χ0n) is 11.0. The second-order valence-electron chi connectivity index (χ2n) is 4.38. The van der Waals surface area contributed by atoms with Crippen LogP contribution in [0.4, 0.5) is 13.2 Å². The fourth-order valence-electron chi connectivity index (χ4n) is 1.86. The van der Waals surface area contributed by atoms with E-state index in [4.69, 9.17) is 0 Å². The molecule has 0 aromatic carbocycles. The minimum atomic E-state index is -4.55. The number of hydrogen-bond donors (Lipinski definition) is 0. The van der Waals surface area contributed by atoms with Crippen molar-refractivity contribution in [1.29, 1.82) is 0 Å². The zero-order chi connectivity index (χ0) is 15.7. The van der Waals surface area contributed by atoms with Gasteiger partial charge in [-0.3, -0.25) is 0 Å². The Hall–Kier alpha value is -2.21. The van der Waals surface area contributed by atoms with Gasteiger partial charge >= 0.3 is 131 Å². The predicted molar refractivity (Wildman–Crippen MR) is 75.6 cm³/mol. The topological polar surface area (TPSA) is 56.5 Å². The number of alkyl halides is 3. The molecule has 112 valence electrons. The summed E-state index contributed by atoms with van der Waals surface area (Å²) < 4.78 is 41.1. The average Bonchev–Trinajstić information content (AvgIpc) is 2.94. The maximum atomic E-state index is 13.2. The van der Waals surface area contributed by atoms with E-state index in [2.05, 4.69) is 20.3 Å². The van der Waals surface area contributed by atoms with E-state index in [1.165, 1.54) is 29.1 Å². The molecule has 3 heterocycles. The molecular formula is C13H9AsF3N5. The third-order valence-corrected chi connectivity index (χ3v) is 3.49. The first-order chi connectivity index (χ1) is 10.4. The number of halogens is 3. The van der Waals surface area contributed by atoms with E-state index >= 15 is 0 Å². The molecule has 1 unspecified atom stereocenters. The van der Waals surface area contributed by atoms with Crippen LogP contribution in [0.25, 0.3) is 17.1 Å². The van der Waals surface area contributed by atoms with Gasteiger partial charge in [-0.25, -0.2) is 0 Å². The van der Waals surface area contributed by atoms with Gasteiger partial charge < -0.3 is 0 Å². The maximum absolute atomic E-state index is 13.2. The monoisotopic (exact) mass is 367 g/mol. The summed E-state index contributed by atoms with van der Waals surface area (Å²) in [6.07, 6.45) is -1.56. The number of rotatable bonds is 2. The summed E-state index contributed by atoms with van der Waals surface area (Å²) in [5.41, 5.74) is -0.239. The molecule has 22 heavy (non-hydrogen) atoms. The molecule has 0 aliphatic carbocycles. The molecule has 0 fully saturated rings. The first-order valence-electron chi connectivity index (χ1n) is 6.12. The van der Waals surface area contributed by atoms with E-state index in [0.717, 1.165) is 10.7 Å². The van der Waals surface area contributed by atoms with Crippen molar-refractivity contribution in [3.63, 3.8) is 0 Å². The van der Waals surface area contributed by atoms with E-state index in [-0.39, 0.29) is 11.5 Å². The number of nitrogens with zero attached hydrogens (tertiary/aromatic N) is 5. The van der Waals surface area contributed by atoms with Gasteiger partial charge in [-0.15, -0.1) is 0 Å². The molecule has 0 N–H and O–H groups in total. The van der Waals surface area contributed by atoms with Gasteiger partial charge in [0.25, 0.3) is 0 Å². The molecule has 0 aliphatic rings. The molecule has 0 saturated heterocycles. The fraction of sp³-hybridized carbons (Fsp3) is 0.0769. The summed E-state index contributed by atoms with van der Waals surface area (Å²) in [4.78, 5) is 3.89. The van der Waals surface area contributed by atoms with Crippen LogP contribution in [0.2, 0.25) is 0 Å². The number of pyridine rings is 1. The quantitative estimate of drug-likeness (QED) is 0.635. The molecule has 0 saturated carbocycles. The molecule has 0 spiro atoms. The van der Waals surface area contributed by atoms with Crippen molar-refractivity contribution < 1.29 is 13.2 Å². The second kappa shape index (κ2) is 5.53. The molecule has 0 radical (unpaired) electrons. The Balaban J connectivity index is 2.16. The van der Waals surface area contributed by atoms with Crippen molar-refractivity contribution in [1.82, 2.24) is 25.0 Å². The Morgan fingerprint density at radius 3 is 2.50 bits per heavy atom. The Morgan fingerprint density at radius 1 is 1.09 bits per heavy atom. The van der Waals surface area contributed by atoms with Crippen LogP contribution in [-0.4, -0.2) is 41.8 Å². The zero-order valence-corrected chi connectivity index (χ0v) is 13.4. The van der Waals surface area contributed by atoms with Gasteiger partial charge in [-0.05, 0) is 0 Å². The molecule has 5 nitrogen and oxygen atoms in total. The summed E-state index contributed by atoms with van der Waals surface area (Å²) in [6.45, 7) is 0. The molecule has 3 aromatic heterocycles. The summed E-state index contributed by atoms with van der Waals surface area (Å²) in [7, 11) is 0. The summed E-state index contributed by atoms with van der Waals surface area (Å²) in [5.74, 6) is 0.0175. The molecule has 0 aliphatic heterocycles. The third-order valence-electron chi connectivity index (χ3n) is 2.85. The average molecular weight is 367 g/mol. The van der Waals surface area contributed by atoms with E-state index in [9.17, 15) is 13.2 Å². The van der Waals surface area contributed by atoms with Gasteiger partial charge in [0.2, 0.25) is 0 Å². The van der Waals surface area contributed by atoms with Crippen LogP contribution in [-0.2, 0) is 6.18 Å². The van der Waals surface area contributed by atoms with Crippen LogP contribution in [0.15, 0.2) is 42.7 Å². The van der Waals surface area contributed by atoms with Crippen molar-refractivity contribution >= 4 is 21.3 Å². The van der Waals surface area contributed by atoms with Crippen molar-refractivity contribution in [3.8, 4) is 17.1 Å². The molecule has 3 rings (SSSR count). The van der Waals surface area contributed by atoms with Crippen LogP contribution in [0.3, 0.4) is 0 Å². The Bertz CT molecular complexity index is 784. The SMILES string of the molecule is FC(F)(F)c1cc(-c2cccnc2)nn1-c1ccc([AsH2])nn1. The Kier molecular flexibility index (Phi) is 3.70. The molecular weight excluding hydrogens is 358 g/mol. The second-order valence-corrected chi connectivity index (χ2v) is 5.62. The van der Waals surface area contributed by atoms with E-state index in [0.29, 0.717) is 10.0 Å². The van der Waals surface area contributed by atoms with Crippen LogP contribution < -0.4 is 4.48 Å². The van der Waals surface area contributed by atoms with Gasteiger partial charge in [0.1, 0.15) is 0 Å². The molecule has 0 amide bonds. The van der Waals surface area contributed by atoms with Gasteiger partial charge in [-0.1, -0.05) is 0 Å². The predicted octanol–water partition coefficient (Wildman–Crippen LogP) is 1.00. The summed E-state index contributed by atoms with van der Waals surface area (Å²) >= 11 is 1.24. The number of hydrogen-bond acceptors (Lipinski definition) is 4. The third kappa shape index (κ3) is 2.87. The van der Waals surface area contributed by atoms with Gasteiger partial charge in [0.05, 0.1) is 0 Å². The van der Waals surface area contributed by atoms with Crippen LogP contribution >= 0.6 is 0 Å². The van der Waals surface area contributed by atoms with E-state index in [1.807, 2.05) is 0 Å². The van der Waals surface area contributed by atoms with Crippen LogP contribution in [0, 0.1) is 0 Å². The first-order valence-corrected chi connectivity index (χ1v) is 7.33. The molecule has 3 aromatic rings. The number of aromatic nitrogens is 5. The summed E-state index contributed by atoms with van der Waals surface area (Å²) in [5, 5.41) is 11.6. The molecule has 9 heteroatoms. The van der Waals surface area contributed by atoms with Gasteiger partial charge in [-0.2, -0.15) is 0 Å². The first kappa shape index (κ1) is 14.7. The van der Waals surface area contributed by atoms with Crippen molar-refractivity contribution in [2.45, 2.75) is 6.18 Å². The van der Waals surface area contributed by atoms with Crippen molar-refractivity contribution in [2.75, 3.05) is 0 Å². The van der Waals surface area contributed by atoms with Gasteiger partial charge in [0, 0.05) is 0 Å². The Labute approximate surface area is 131 Å². The van der Waals surface area contributed by atoms with Crippen molar-refractivity contribution in [3.05, 3.63) is 48.4 Å². The van der Waals surface area contributed by atoms with Crippen molar-refractivity contribution in [2.24, 2.45) is 0 Å². The molecule has 0 bridgehead atoms. The fourth-order valence-corrected chi connectivity index (χ4v) is 2.18. The molecule has 1 atom stereocenters. The van der Waals surface area contributed by atoms with E-state index < -0.39 is 11.9 Å². The van der Waals surface area contributed by atoms with Crippen LogP contribution in [0.5, 0.6) is 0 Å². The van der Waals surface area contributed by atoms with Crippen LogP contribution in [0.1, 0.15) is 5.69 Å². The Morgan fingerprint density at radius 2 is 1.91 bits per heavy atom. The normalized spacial score (nSPS) is 11.6. The minimum absolute atomic E-state index is 0.0175. The standard InChI is InChI=1S/C13H9AsF3N5/c14-11-3-4-12(20-19-11)22-10(13(15,16)17)6-9(21-22)8-2-1-5-18-7-8/h1-7H,14H2. The van der Waals surface area contributed by atoms with E-state index in [1.54, 1.807) is 24.4 Å². The summed E-state index contributed by atoms with van der Waals surface area (Å²) in [6, 6.07) is 7.31. The van der Waals surface area contributed by atoms with Gasteiger partial charge in [0.15, 0.2) is 0 Å².